The molecule has 25 heavy (non-hydrogen) atoms. The van der Waals surface area contributed by atoms with E-state index in [0.717, 1.165) is 0 Å². The van der Waals surface area contributed by atoms with E-state index in [1.807, 2.05) is 0 Å². The molecule has 9 heteroatoms. The van der Waals surface area contributed by atoms with Crippen LogP contribution in [0.3, 0.4) is 0 Å². The van der Waals surface area contributed by atoms with E-state index >= 15 is 0 Å². The summed E-state index contributed by atoms with van der Waals surface area (Å²) in [5.74, 6) is -1.51. The molecule has 2 aromatic carbocycles. The highest BCUT2D eigenvalue weighted by Gasteiger charge is 2.22. The lowest BCUT2D eigenvalue weighted by Gasteiger charge is -2.14. The lowest BCUT2D eigenvalue weighted by molar-refractivity contribution is -0.383. The van der Waals surface area contributed by atoms with E-state index < -0.39 is 22.9 Å². The number of nitro groups is 1. The van der Waals surface area contributed by atoms with Gasteiger partial charge in [-0.1, -0.05) is 35.3 Å². The van der Waals surface area contributed by atoms with Crippen LogP contribution in [0.25, 0.3) is 0 Å². The van der Waals surface area contributed by atoms with Crippen LogP contribution >= 0.6 is 23.2 Å². The highest BCUT2D eigenvalue weighted by Crippen LogP contribution is 2.24. The van der Waals surface area contributed by atoms with Crippen LogP contribution in [0, 0.1) is 10.1 Å². The summed E-state index contributed by atoms with van der Waals surface area (Å²) in [4.78, 5) is 34.5. The summed E-state index contributed by atoms with van der Waals surface area (Å²) in [6.07, 6.45) is -1.19. The van der Waals surface area contributed by atoms with E-state index in [9.17, 15) is 19.7 Å². The zero-order valence-corrected chi connectivity index (χ0v) is 14.4. The monoisotopic (exact) mass is 382 g/mol. The molecule has 0 heterocycles. The Kier molecular flexibility index (Phi) is 5.95. The summed E-state index contributed by atoms with van der Waals surface area (Å²) in [5.41, 5.74) is -0.176. The standard InChI is InChI=1S/C16H12Cl2N2O5/c1-9(25-16(22)10-6-11(17)8-12(18)7-10)15(21)19-13-4-2-3-5-14(13)20(23)24/h2-9H,1H3,(H,19,21). The molecule has 2 aromatic rings. The van der Waals surface area contributed by atoms with Crippen molar-refractivity contribution in [1.82, 2.24) is 0 Å². The van der Waals surface area contributed by atoms with Crippen molar-refractivity contribution in [3.8, 4) is 0 Å². The number of ether oxygens (including phenoxy) is 1. The molecule has 0 spiro atoms. The Labute approximate surface area is 152 Å². The fourth-order valence-corrected chi connectivity index (χ4v) is 2.45. The first-order chi connectivity index (χ1) is 11.8. The zero-order chi connectivity index (χ0) is 18.6. The largest absolute Gasteiger partial charge is 0.449 e. The summed E-state index contributed by atoms with van der Waals surface area (Å²) in [7, 11) is 0. The molecule has 7 nitrogen and oxygen atoms in total. The molecular weight excluding hydrogens is 371 g/mol. The number of nitrogens with one attached hydrogen (secondary N) is 1. The second-order valence-electron chi connectivity index (χ2n) is 4.97. The van der Waals surface area contributed by atoms with Gasteiger partial charge in [-0.2, -0.15) is 0 Å². The van der Waals surface area contributed by atoms with Gasteiger partial charge in [0.25, 0.3) is 11.6 Å². The molecule has 1 atom stereocenters. The first-order valence-corrected chi connectivity index (χ1v) is 7.75. The summed E-state index contributed by atoms with van der Waals surface area (Å²) in [6.45, 7) is 1.34. The van der Waals surface area contributed by atoms with E-state index in [2.05, 4.69) is 5.32 Å². The van der Waals surface area contributed by atoms with Crippen molar-refractivity contribution in [1.29, 1.82) is 0 Å². The van der Waals surface area contributed by atoms with Crippen LogP contribution in [0.15, 0.2) is 42.5 Å². The van der Waals surface area contributed by atoms with Crippen LogP contribution in [0.1, 0.15) is 17.3 Å². The van der Waals surface area contributed by atoms with E-state index in [-0.39, 0.29) is 27.0 Å². The van der Waals surface area contributed by atoms with Gasteiger partial charge in [-0.25, -0.2) is 4.79 Å². The number of amides is 1. The number of halogens is 2. The lowest BCUT2D eigenvalue weighted by atomic mass is 10.2. The molecule has 0 aliphatic rings. The van der Waals surface area contributed by atoms with Crippen molar-refractivity contribution in [3.05, 3.63) is 68.2 Å². The van der Waals surface area contributed by atoms with E-state index in [4.69, 9.17) is 27.9 Å². The highest BCUT2D eigenvalue weighted by molar-refractivity contribution is 6.35. The van der Waals surface area contributed by atoms with Gasteiger partial charge < -0.3 is 10.1 Å². The van der Waals surface area contributed by atoms with Crippen molar-refractivity contribution in [3.63, 3.8) is 0 Å². The first kappa shape index (κ1) is 18.7. The molecule has 0 fully saturated rings. The maximum absolute atomic E-state index is 12.1. The molecular formula is C16H12Cl2N2O5. The van der Waals surface area contributed by atoms with Gasteiger partial charge in [-0.05, 0) is 31.2 Å². The van der Waals surface area contributed by atoms with Crippen molar-refractivity contribution in [2.45, 2.75) is 13.0 Å². The predicted octanol–water partition coefficient (Wildman–Crippen LogP) is 4.09. The number of hydrogen-bond acceptors (Lipinski definition) is 5. The minimum Gasteiger partial charge on any atom is -0.449 e. The van der Waals surface area contributed by atoms with E-state index in [1.54, 1.807) is 0 Å². The first-order valence-electron chi connectivity index (χ1n) is 6.99. The van der Waals surface area contributed by atoms with Gasteiger partial charge in [0.1, 0.15) is 5.69 Å². The van der Waals surface area contributed by atoms with Gasteiger partial charge in [0.2, 0.25) is 0 Å². The van der Waals surface area contributed by atoms with Crippen LogP contribution in [-0.4, -0.2) is 22.9 Å². The molecule has 0 bridgehead atoms. The molecule has 1 amide bonds. The Hall–Kier alpha value is -2.64. The predicted molar refractivity (Wildman–Crippen MR) is 93.1 cm³/mol. The number of benzene rings is 2. The normalized spacial score (nSPS) is 11.5. The van der Waals surface area contributed by atoms with Gasteiger partial charge in [0.15, 0.2) is 6.10 Å². The molecule has 0 aromatic heterocycles. The third-order valence-corrected chi connectivity index (χ3v) is 3.55. The summed E-state index contributed by atoms with van der Waals surface area (Å²) < 4.78 is 5.04. The number of carbonyl (C=O) groups is 2. The van der Waals surface area contributed by atoms with Crippen molar-refractivity contribution >= 4 is 46.5 Å². The Bertz CT molecular complexity index is 821. The molecule has 0 aliphatic carbocycles. The third-order valence-electron chi connectivity index (χ3n) is 3.11. The topological polar surface area (TPSA) is 98.5 Å². The molecule has 0 radical (unpaired) electrons. The molecule has 1 N–H and O–H groups in total. The molecule has 0 saturated heterocycles. The molecule has 0 aliphatic heterocycles. The Morgan fingerprint density at radius 2 is 1.76 bits per heavy atom. The second kappa shape index (κ2) is 7.96. The van der Waals surface area contributed by atoms with Crippen LogP contribution in [0.5, 0.6) is 0 Å². The van der Waals surface area contributed by atoms with Gasteiger partial charge in [-0.15, -0.1) is 0 Å². The SMILES string of the molecule is CC(OC(=O)c1cc(Cl)cc(Cl)c1)C(=O)Nc1ccccc1[N+](=O)[O-]. The fourth-order valence-electron chi connectivity index (χ4n) is 1.93. The number of hydrogen-bond donors (Lipinski definition) is 1. The van der Waals surface area contributed by atoms with E-state index in [0.29, 0.717) is 0 Å². The molecule has 0 saturated carbocycles. The average Bonchev–Trinajstić information content (AvgIpc) is 2.54. The van der Waals surface area contributed by atoms with Crippen LogP contribution in [-0.2, 0) is 9.53 Å². The maximum atomic E-state index is 12.1. The minimum absolute atomic E-state index is 0.00574. The number of para-hydroxylation sites is 2. The van der Waals surface area contributed by atoms with Crippen LogP contribution in [0.2, 0.25) is 10.0 Å². The minimum atomic E-state index is -1.19. The number of rotatable bonds is 5. The van der Waals surface area contributed by atoms with Gasteiger partial charge in [-0.3, -0.25) is 14.9 Å². The van der Waals surface area contributed by atoms with Crippen molar-refractivity contribution in [2.75, 3.05) is 5.32 Å². The van der Waals surface area contributed by atoms with Gasteiger partial charge in [0, 0.05) is 16.1 Å². The highest BCUT2D eigenvalue weighted by atomic mass is 35.5. The second-order valence-corrected chi connectivity index (χ2v) is 5.84. The zero-order valence-electron chi connectivity index (χ0n) is 12.9. The molecule has 1 unspecified atom stereocenters. The summed E-state index contributed by atoms with van der Waals surface area (Å²) in [6, 6.07) is 9.78. The van der Waals surface area contributed by atoms with Crippen molar-refractivity contribution < 1.29 is 19.2 Å². The Balaban J connectivity index is 2.08. The summed E-state index contributed by atoms with van der Waals surface area (Å²) >= 11 is 11.6. The number of anilines is 1. The molecule has 130 valence electrons. The molecule has 2 rings (SSSR count). The van der Waals surface area contributed by atoms with Crippen LogP contribution < -0.4 is 5.32 Å². The number of nitrogens with zero attached hydrogens (tertiary/aromatic N) is 1. The van der Waals surface area contributed by atoms with E-state index in [1.165, 1.54) is 49.4 Å². The smallest absolute Gasteiger partial charge is 0.339 e. The number of esters is 1. The fraction of sp³-hybridized carbons (Fsp3) is 0.125. The Morgan fingerprint density at radius 3 is 2.36 bits per heavy atom. The van der Waals surface area contributed by atoms with Crippen LogP contribution in [0.4, 0.5) is 11.4 Å². The number of carbonyl (C=O) groups excluding carboxylic acids is 2. The van der Waals surface area contributed by atoms with Crippen molar-refractivity contribution in [2.24, 2.45) is 0 Å². The summed E-state index contributed by atoms with van der Waals surface area (Å²) in [5, 5.41) is 13.8. The van der Waals surface area contributed by atoms with Gasteiger partial charge >= 0.3 is 5.97 Å². The maximum Gasteiger partial charge on any atom is 0.339 e. The quantitative estimate of drug-likeness (QED) is 0.477. The van der Waals surface area contributed by atoms with Gasteiger partial charge in [0.05, 0.1) is 10.5 Å². The lowest BCUT2D eigenvalue weighted by Crippen LogP contribution is -2.30. The number of nitro benzene ring substituents is 1. The Morgan fingerprint density at radius 1 is 1.16 bits per heavy atom. The average molecular weight is 383 g/mol. The third kappa shape index (κ3) is 4.91.